The second-order valence-electron chi connectivity index (χ2n) is 3.77. The molecule has 0 spiro atoms. The number of benzene rings is 2. The second kappa shape index (κ2) is 5.51. The lowest BCUT2D eigenvalue weighted by Crippen LogP contribution is -2.18. The van der Waals surface area contributed by atoms with E-state index in [4.69, 9.17) is 22.7 Å². The van der Waals surface area contributed by atoms with Crippen LogP contribution in [0.1, 0.15) is 0 Å². The summed E-state index contributed by atoms with van der Waals surface area (Å²) in [5.41, 5.74) is 8.40. The van der Waals surface area contributed by atoms with Gasteiger partial charge in [0.2, 0.25) is 0 Å². The van der Waals surface area contributed by atoms with E-state index in [2.05, 4.69) is 5.32 Å². The average Bonchev–Trinajstić information content (AvgIpc) is 2.39. The topological polar surface area (TPSA) is 47.3 Å². The van der Waals surface area contributed by atoms with Gasteiger partial charge in [-0.1, -0.05) is 30.3 Å². The number of nitrogens with one attached hydrogen (secondary N) is 1. The third-order valence-corrected chi connectivity index (χ3v) is 2.66. The highest BCUT2D eigenvalue weighted by Crippen LogP contribution is 2.32. The molecule has 0 bridgehead atoms. The van der Waals surface area contributed by atoms with Crippen molar-refractivity contribution in [2.24, 2.45) is 5.73 Å². The average molecular weight is 258 g/mol. The summed E-state index contributed by atoms with van der Waals surface area (Å²) in [5.74, 6) is 0.780. The lowest BCUT2D eigenvalue weighted by atomic mass is 10.0. The Kier molecular flexibility index (Phi) is 3.79. The Balaban J connectivity index is 2.41. The maximum absolute atomic E-state index is 5.44. The summed E-state index contributed by atoms with van der Waals surface area (Å²) >= 11 is 4.81. The summed E-state index contributed by atoms with van der Waals surface area (Å²) in [6.45, 7) is 0. The fourth-order valence-electron chi connectivity index (χ4n) is 1.77. The fourth-order valence-corrected chi connectivity index (χ4v) is 1.89. The quantitative estimate of drug-likeness (QED) is 0.831. The van der Waals surface area contributed by atoms with Gasteiger partial charge in [0.25, 0.3) is 0 Å². The SMILES string of the molecule is COc1cc(NC(N)=S)ccc1-c1ccccc1. The van der Waals surface area contributed by atoms with E-state index in [1.165, 1.54) is 0 Å². The van der Waals surface area contributed by atoms with Crippen molar-refractivity contribution in [3.63, 3.8) is 0 Å². The van der Waals surface area contributed by atoms with Crippen LogP contribution in [0.15, 0.2) is 48.5 Å². The molecule has 0 saturated carbocycles. The molecule has 0 aliphatic rings. The molecule has 0 radical (unpaired) electrons. The van der Waals surface area contributed by atoms with Crippen LogP contribution in [-0.4, -0.2) is 12.2 Å². The van der Waals surface area contributed by atoms with Gasteiger partial charge in [-0.3, -0.25) is 0 Å². The second-order valence-corrected chi connectivity index (χ2v) is 4.21. The summed E-state index contributed by atoms with van der Waals surface area (Å²) in [7, 11) is 1.65. The number of hydrogen-bond acceptors (Lipinski definition) is 2. The fraction of sp³-hybridized carbons (Fsp3) is 0.0714. The minimum atomic E-state index is 0.240. The summed E-state index contributed by atoms with van der Waals surface area (Å²) in [5, 5.41) is 3.13. The number of anilines is 1. The van der Waals surface area contributed by atoms with Crippen LogP contribution in [-0.2, 0) is 0 Å². The first-order valence-electron chi connectivity index (χ1n) is 5.50. The Labute approximate surface area is 112 Å². The number of ether oxygens (including phenoxy) is 1. The molecular formula is C14H14N2OS. The van der Waals surface area contributed by atoms with E-state index in [9.17, 15) is 0 Å². The van der Waals surface area contributed by atoms with Crippen LogP contribution in [0.25, 0.3) is 11.1 Å². The predicted octanol–water partition coefficient (Wildman–Crippen LogP) is 3.02. The molecule has 0 aliphatic carbocycles. The molecule has 0 atom stereocenters. The van der Waals surface area contributed by atoms with Gasteiger partial charge in [0.1, 0.15) is 5.75 Å². The number of methoxy groups -OCH3 is 1. The Morgan fingerprint density at radius 1 is 1.17 bits per heavy atom. The largest absolute Gasteiger partial charge is 0.496 e. The van der Waals surface area contributed by atoms with Gasteiger partial charge < -0.3 is 15.8 Å². The first-order valence-corrected chi connectivity index (χ1v) is 5.91. The van der Waals surface area contributed by atoms with Crippen molar-refractivity contribution in [1.29, 1.82) is 0 Å². The number of thiocarbonyl (C=S) groups is 1. The first kappa shape index (κ1) is 12.4. The van der Waals surface area contributed by atoms with E-state index in [0.717, 1.165) is 22.6 Å². The van der Waals surface area contributed by atoms with Gasteiger partial charge in [-0.15, -0.1) is 0 Å². The number of nitrogens with two attached hydrogens (primary N) is 1. The van der Waals surface area contributed by atoms with E-state index < -0.39 is 0 Å². The highest BCUT2D eigenvalue weighted by molar-refractivity contribution is 7.80. The van der Waals surface area contributed by atoms with Crippen molar-refractivity contribution in [3.05, 3.63) is 48.5 Å². The Morgan fingerprint density at radius 3 is 2.50 bits per heavy atom. The van der Waals surface area contributed by atoms with Crippen molar-refractivity contribution in [3.8, 4) is 16.9 Å². The molecule has 4 heteroatoms. The smallest absolute Gasteiger partial charge is 0.168 e. The van der Waals surface area contributed by atoms with E-state index >= 15 is 0 Å². The maximum Gasteiger partial charge on any atom is 0.168 e. The number of hydrogen-bond donors (Lipinski definition) is 2. The van der Waals surface area contributed by atoms with Crippen LogP contribution in [0.2, 0.25) is 0 Å². The minimum absolute atomic E-state index is 0.240. The first-order chi connectivity index (χ1) is 8.70. The molecule has 0 saturated heterocycles. The Morgan fingerprint density at radius 2 is 1.89 bits per heavy atom. The molecule has 2 aromatic carbocycles. The lowest BCUT2D eigenvalue weighted by Gasteiger charge is -2.11. The zero-order valence-electron chi connectivity index (χ0n) is 10.0. The van der Waals surface area contributed by atoms with Crippen LogP contribution < -0.4 is 15.8 Å². The number of rotatable bonds is 3. The summed E-state index contributed by atoms with van der Waals surface area (Å²) in [6.07, 6.45) is 0. The van der Waals surface area contributed by atoms with Gasteiger partial charge in [-0.25, -0.2) is 0 Å². The normalized spacial score (nSPS) is 9.83. The molecule has 3 N–H and O–H groups in total. The highest BCUT2D eigenvalue weighted by Gasteiger charge is 2.06. The van der Waals surface area contributed by atoms with Gasteiger partial charge in [-0.2, -0.15) is 0 Å². The van der Waals surface area contributed by atoms with Crippen molar-refractivity contribution in [2.75, 3.05) is 12.4 Å². The van der Waals surface area contributed by atoms with Crippen LogP contribution in [0.4, 0.5) is 5.69 Å². The Bertz CT molecular complexity index is 555. The molecule has 2 aromatic rings. The van der Waals surface area contributed by atoms with Crippen LogP contribution in [0, 0.1) is 0 Å². The van der Waals surface area contributed by atoms with Crippen LogP contribution in [0.5, 0.6) is 5.75 Å². The van der Waals surface area contributed by atoms with Gasteiger partial charge in [-0.05, 0) is 29.9 Å². The third-order valence-electron chi connectivity index (χ3n) is 2.55. The molecule has 18 heavy (non-hydrogen) atoms. The summed E-state index contributed by atoms with van der Waals surface area (Å²) in [4.78, 5) is 0. The van der Waals surface area contributed by atoms with E-state index in [-0.39, 0.29) is 5.11 Å². The van der Waals surface area contributed by atoms with Crippen LogP contribution in [0.3, 0.4) is 0 Å². The molecule has 0 amide bonds. The van der Waals surface area contributed by atoms with Crippen molar-refractivity contribution < 1.29 is 4.74 Å². The zero-order valence-corrected chi connectivity index (χ0v) is 10.8. The van der Waals surface area contributed by atoms with Gasteiger partial charge >= 0.3 is 0 Å². The molecule has 2 rings (SSSR count). The van der Waals surface area contributed by atoms with Gasteiger partial charge in [0, 0.05) is 17.3 Å². The highest BCUT2D eigenvalue weighted by atomic mass is 32.1. The monoisotopic (exact) mass is 258 g/mol. The third kappa shape index (κ3) is 2.78. The summed E-state index contributed by atoms with van der Waals surface area (Å²) < 4.78 is 5.40. The predicted molar refractivity (Wildman–Crippen MR) is 78.8 cm³/mol. The standard InChI is InChI=1S/C14H14N2OS/c1-17-13-9-11(16-14(15)18)7-8-12(13)10-5-3-2-4-6-10/h2-9H,1H3,(H3,15,16,18). The molecular weight excluding hydrogens is 244 g/mol. The van der Waals surface area contributed by atoms with Crippen molar-refractivity contribution >= 4 is 23.0 Å². The summed E-state index contributed by atoms with van der Waals surface area (Å²) in [6, 6.07) is 15.8. The molecule has 92 valence electrons. The van der Waals surface area contributed by atoms with Gasteiger partial charge in [0.05, 0.1) is 7.11 Å². The molecule has 0 heterocycles. The molecule has 0 aromatic heterocycles. The Hall–Kier alpha value is -2.07. The zero-order chi connectivity index (χ0) is 13.0. The van der Waals surface area contributed by atoms with Gasteiger partial charge in [0.15, 0.2) is 5.11 Å². The molecule has 3 nitrogen and oxygen atoms in total. The van der Waals surface area contributed by atoms with E-state index in [0.29, 0.717) is 0 Å². The van der Waals surface area contributed by atoms with Crippen LogP contribution >= 0.6 is 12.2 Å². The van der Waals surface area contributed by atoms with Crippen molar-refractivity contribution in [2.45, 2.75) is 0 Å². The molecule has 0 fully saturated rings. The van der Waals surface area contributed by atoms with Crippen molar-refractivity contribution in [1.82, 2.24) is 0 Å². The molecule has 0 unspecified atom stereocenters. The lowest BCUT2D eigenvalue weighted by molar-refractivity contribution is 0.416. The maximum atomic E-state index is 5.44. The molecule has 0 aliphatic heterocycles. The van der Waals surface area contributed by atoms with E-state index in [1.807, 2.05) is 48.5 Å². The van der Waals surface area contributed by atoms with E-state index in [1.54, 1.807) is 7.11 Å². The minimum Gasteiger partial charge on any atom is -0.496 e.